The van der Waals surface area contributed by atoms with Crippen LogP contribution in [0.3, 0.4) is 0 Å². The lowest BCUT2D eigenvalue weighted by molar-refractivity contribution is -0.119. The zero-order valence-electron chi connectivity index (χ0n) is 25.9. The van der Waals surface area contributed by atoms with Crippen molar-refractivity contribution in [2.75, 3.05) is 25.6 Å². The molecule has 2 heterocycles. The summed E-state index contributed by atoms with van der Waals surface area (Å²) in [5.41, 5.74) is 6.99. The molecule has 11 heteroatoms. The first-order chi connectivity index (χ1) is 22.1. The molecule has 10 nitrogen and oxygen atoms in total. The Morgan fingerprint density at radius 2 is 1.33 bits per heavy atom. The average molecular weight is 638 g/mol. The Hall–Kier alpha value is -5.42. The first-order valence-electron chi connectivity index (χ1n) is 14.4. The minimum absolute atomic E-state index is 0.0257. The SMILES string of the molecule is CCOC(=O)c1sc(NC(=O)COC(=O)c2ccc3nc(-c4ccc(C)cc4)c(-c4ccc(C)cc4)nc3c2)c(C(=O)OC)c1C. The molecule has 1 amide bonds. The number of fused-ring (bicyclic) bond motifs is 1. The van der Waals surface area contributed by atoms with Crippen LogP contribution in [0.15, 0.2) is 66.7 Å². The molecular weight excluding hydrogens is 606 g/mol. The highest BCUT2D eigenvalue weighted by Crippen LogP contribution is 2.35. The van der Waals surface area contributed by atoms with Gasteiger partial charge in [0.15, 0.2) is 6.61 Å². The topological polar surface area (TPSA) is 134 Å². The van der Waals surface area contributed by atoms with E-state index in [9.17, 15) is 19.2 Å². The standard InChI is InChI=1S/C35H31N3O7S/c1-6-44-35(42)31-21(4)28(34(41)43-5)32(46-31)38-27(39)18-45-33(40)24-15-16-25-26(17-24)37-30(23-13-9-20(3)10-14-23)29(36-25)22-11-7-19(2)8-12-22/h7-17H,6,18H2,1-5H3,(H,38,39). The van der Waals surface area contributed by atoms with E-state index in [-0.39, 0.29) is 27.6 Å². The molecule has 0 atom stereocenters. The number of methoxy groups -OCH3 is 1. The van der Waals surface area contributed by atoms with Gasteiger partial charge in [0.2, 0.25) is 0 Å². The second-order valence-electron chi connectivity index (χ2n) is 10.5. The molecule has 5 aromatic rings. The molecule has 0 bridgehead atoms. The van der Waals surface area contributed by atoms with Gasteiger partial charge in [0.05, 0.1) is 47.3 Å². The Morgan fingerprint density at radius 3 is 1.89 bits per heavy atom. The molecule has 0 radical (unpaired) electrons. The van der Waals surface area contributed by atoms with Gasteiger partial charge in [-0.05, 0) is 51.5 Å². The van der Waals surface area contributed by atoms with Crippen LogP contribution in [0, 0.1) is 20.8 Å². The van der Waals surface area contributed by atoms with Crippen LogP contribution >= 0.6 is 11.3 Å². The Bertz CT molecular complexity index is 1970. The van der Waals surface area contributed by atoms with Crippen LogP contribution in [0.1, 0.15) is 54.0 Å². The molecular formula is C35H31N3O7S. The number of aromatic nitrogens is 2. The van der Waals surface area contributed by atoms with Gasteiger partial charge in [-0.2, -0.15) is 0 Å². The van der Waals surface area contributed by atoms with Crippen molar-refractivity contribution >= 4 is 51.2 Å². The van der Waals surface area contributed by atoms with Crippen LogP contribution in [-0.2, 0) is 19.0 Å². The van der Waals surface area contributed by atoms with E-state index in [0.29, 0.717) is 28.0 Å². The van der Waals surface area contributed by atoms with E-state index in [1.807, 2.05) is 62.4 Å². The maximum atomic E-state index is 13.0. The van der Waals surface area contributed by atoms with Crippen molar-refractivity contribution in [3.8, 4) is 22.5 Å². The maximum absolute atomic E-state index is 13.0. The summed E-state index contributed by atoms with van der Waals surface area (Å²) in [7, 11) is 1.19. The van der Waals surface area contributed by atoms with E-state index in [0.717, 1.165) is 33.6 Å². The summed E-state index contributed by atoms with van der Waals surface area (Å²) in [6.07, 6.45) is 0. The number of nitrogens with zero attached hydrogens (tertiary/aromatic N) is 2. The largest absolute Gasteiger partial charge is 0.465 e. The summed E-state index contributed by atoms with van der Waals surface area (Å²) in [5, 5.41) is 2.63. The predicted octanol–water partition coefficient (Wildman–Crippen LogP) is 6.71. The smallest absolute Gasteiger partial charge is 0.348 e. The van der Waals surface area contributed by atoms with Gasteiger partial charge >= 0.3 is 17.9 Å². The Morgan fingerprint density at radius 1 is 0.739 bits per heavy atom. The number of ether oxygens (including phenoxy) is 3. The minimum atomic E-state index is -0.749. The molecule has 234 valence electrons. The number of anilines is 1. The van der Waals surface area contributed by atoms with Crippen LogP contribution in [0.5, 0.6) is 0 Å². The fourth-order valence-electron chi connectivity index (χ4n) is 4.72. The Kier molecular flexibility index (Phi) is 9.53. The summed E-state index contributed by atoms with van der Waals surface area (Å²) in [6.45, 7) is 6.74. The van der Waals surface area contributed by atoms with Crippen molar-refractivity contribution in [2.45, 2.75) is 27.7 Å². The van der Waals surface area contributed by atoms with E-state index in [1.54, 1.807) is 32.0 Å². The number of carbonyl (C=O) groups is 4. The average Bonchev–Trinajstić information content (AvgIpc) is 3.38. The normalized spacial score (nSPS) is 10.8. The fourth-order valence-corrected chi connectivity index (χ4v) is 5.83. The molecule has 0 saturated carbocycles. The number of esters is 3. The van der Waals surface area contributed by atoms with Crippen LogP contribution in [0.2, 0.25) is 0 Å². The molecule has 0 fully saturated rings. The number of aryl methyl sites for hydroxylation is 2. The van der Waals surface area contributed by atoms with E-state index in [4.69, 9.17) is 24.2 Å². The molecule has 46 heavy (non-hydrogen) atoms. The third-order valence-electron chi connectivity index (χ3n) is 7.13. The van der Waals surface area contributed by atoms with E-state index in [2.05, 4.69) is 5.32 Å². The van der Waals surface area contributed by atoms with Gasteiger partial charge in [0.25, 0.3) is 5.91 Å². The first kappa shape index (κ1) is 32.0. The van der Waals surface area contributed by atoms with Crippen LogP contribution in [0.4, 0.5) is 5.00 Å². The quantitative estimate of drug-likeness (QED) is 0.138. The van der Waals surface area contributed by atoms with Gasteiger partial charge in [-0.3, -0.25) is 4.79 Å². The molecule has 0 spiro atoms. The number of rotatable bonds is 9. The lowest BCUT2D eigenvalue weighted by Gasteiger charge is -2.12. The summed E-state index contributed by atoms with van der Waals surface area (Å²) >= 11 is 0.876. The third-order valence-corrected chi connectivity index (χ3v) is 8.32. The van der Waals surface area contributed by atoms with E-state index >= 15 is 0 Å². The summed E-state index contributed by atoms with van der Waals surface area (Å²) in [5.74, 6) is -2.82. The van der Waals surface area contributed by atoms with Crippen molar-refractivity contribution in [2.24, 2.45) is 0 Å². The van der Waals surface area contributed by atoms with Gasteiger partial charge in [-0.1, -0.05) is 59.7 Å². The predicted molar refractivity (Wildman–Crippen MR) is 175 cm³/mol. The molecule has 1 N–H and O–H groups in total. The van der Waals surface area contributed by atoms with Gasteiger partial charge in [-0.25, -0.2) is 24.4 Å². The maximum Gasteiger partial charge on any atom is 0.348 e. The van der Waals surface area contributed by atoms with Crippen molar-refractivity contribution in [3.05, 3.63) is 99.4 Å². The van der Waals surface area contributed by atoms with Crippen LogP contribution in [-0.4, -0.2) is 54.1 Å². The third kappa shape index (κ3) is 6.79. The Balaban J connectivity index is 1.38. The van der Waals surface area contributed by atoms with Crippen molar-refractivity contribution in [1.29, 1.82) is 0 Å². The summed E-state index contributed by atoms with van der Waals surface area (Å²) in [4.78, 5) is 60.6. The fraction of sp³-hybridized carbons (Fsp3) is 0.200. The zero-order valence-corrected chi connectivity index (χ0v) is 26.7. The highest BCUT2D eigenvalue weighted by Gasteiger charge is 2.27. The van der Waals surface area contributed by atoms with E-state index < -0.39 is 30.4 Å². The number of thiophene rings is 1. The number of carbonyl (C=O) groups excluding carboxylic acids is 4. The number of nitrogens with one attached hydrogen (secondary N) is 1. The second-order valence-corrected chi connectivity index (χ2v) is 11.5. The molecule has 0 aliphatic rings. The lowest BCUT2D eigenvalue weighted by atomic mass is 10.0. The zero-order chi connectivity index (χ0) is 33.0. The molecule has 0 aliphatic heterocycles. The molecule has 0 aliphatic carbocycles. The Labute approximate surface area is 269 Å². The van der Waals surface area contributed by atoms with Gasteiger partial charge in [0.1, 0.15) is 9.88 Å². The number of benzene rings is 3. The van der Waals surface area contributed by atoms with E-state index in [1.165, 1.54) is 7.11 Å². The number of amides is 1. The van der Waals surface area contributed by atoms with Crippen molar-refractivity contribution in [1.82, 2.24) is 9.97 Å². The molecule has 5 rings (SSSR count). The van der Waals surface area contributed by atoms with Gasteiger partial charge in [-0.15, -0.1) is 11.3 Å². The highest BCUT2D eigenvalue weighted by atomic mass is 32.1. The number of hydrogen-bond donors (Lipinski definition) is 1. The molecule has 2 aromatic heterocycles. The molecule has 3 aromatic carbocycles. The van der Waals surface area contributed by atoms with Gasteiger partial charge in [0, 0.05) is 11.1 Å². The highest BCUT2D eigenvalue weighted by molar-refractivity contribution is 7.18. The minimum Gasteiger partial charge on any atom is -0.465 e. The van der Waals surface area contributed by atoms with Crippen molar-refractivity contribution < 1.29 is 33.4 Å². The van der Waals surface area contributed by atoms with Crippen molar-refractivity contribution in [3.63, 3.8) is 0 Å². The number of hydrogen-bond acceptors (Lipinski definition) is 10. The summed E-state index contributed by atoms with van der Waals surface area (Å²) in [6, 6.07) is 20.8. The van der Waals surface area contributed by atoms with Crippen LogP contribution < -0.4 is 5.32 Å². The summed E-state index contributed by atoms with van der Waals surface area (Å²) < 4.78 is 15.2. The second kappa shape index (κ2) is 13.7. The monoisotopic (exact) mass is 637 g/mol. The van der Waals surface area contributed by atoms with Crippen LogP contribution in [0.25, 0.3) is 33.5 Å². The van der Waals surface area contributed by atoms with Gasteiger partial charge < -0.3 is 19.5 Å². The lowest BCUT2D eigenvalue weighted by Crippen LogP contribution is -2.21. The first-order valence-corrected chi connectivity index (χ1v) is 15.2. The molecule has 0 saturated heterocycles. The molecule has 0 unspecified atom stereocenters.